The highest BCUT2D eigenvalue weighted by atomic mass is 19.4. The summed E-state index contributed by atoms with van der Waals surface area (Å²) in [5.74, 6) is 2.51. The molecule has 1 aromatic heterocycles. The molecule has 120 valence electrons. The molecule has 0 fully saturated rings. The Morgan fingerprint density at radius 1 is 1.19 bits per heavy atom. The minimum absolute atomic E-state index is 0.113. The molecular formula is C10H13F6N5. The predicted molar refractivity (Wildman–Crippen MR) is 63.4 cm³/mol. The molecule has 0 aliphatic rings. The van der Waals surface area contributed by atoms with Crippen molar-refractivity contribution in [1.29, 1.82) is 0 Å². The highest BCUT2D eigenvalue weighted by Gasteiger charge is 2.37. The summed E-state index contributed by atoms with van der Waals surface area (Å²) >= 11 is 0. The van der Waals surface area contributed by atoms with E-state index in [0.717, 1.165) is 6.07 Å². The molecular weight excluding hydrogens is 304 g/mol. The molecule has 0 unspecified atom stereocenters. The third kappa shape index (κ3) is 5.25. The molecule has 0 bridgehead atoms. The first-order valence-corrected chi connectivity index (χ1v) is 5.81. The Bertz CT molecular complexity index is 472. The van der Waals surface area contributed by atoms with Gasteiger partial charge in [0, 0.05) is 12.6 Å². The van der Waals surface area contributed by atoms with Gasteiger partial charge in [0.1, 0.15) is 18.2 Å². The van der Waals surface area contributed by atoms with E-state index < -0.39 is 36.4 Å². The Morgan fingerprint density at radius 2 is 1.81 bits per heavy atom. The van der Waals surface area contributed by atoms with E-state index in [-0.39, 0.29) is 6.54 Å². The van der Waals surface area contributed by atoms with Crippen LogP contribution in [-0.2, 0) is 6.18 Å². The molecule has 0 aromatic carbocycles. The van der Waals surface area contributed by atoms with Gasteiger partial charge in [0.05, 0.1) is 0 Å². The maximum absolute atomic E-state index is 12.6. The summed E-state index contributed by atoms with van der Waals surface area (Å²) in [6.07, 6.45) is -9.17. The molecule has 5 nitrogen and oxygen atoms in total. The average Bonchev–Trinajstić information content (AvgIpc) is 2.35. The molecule has 11 heteroatoms. The lowest BCUT2D eigenvalue weighted by Gasteiger charge is -2.25. The Morgan fingerprint density at radius 3 is 2.24 bits per heavy atom. The summed E-state index contributed by atoms with van der Waals surface area (Å²) in [5.41, 5.74) is 1.88. The number of rotatable bonds is 5. The van der Waals surface area contributed by atoms with Crippen LogP contribution in [0.1, 0.15) is 19.2 Å². The molecule has 0 aliphatic heterocycles. The van der Waals surface area contributed by atoms with E-state index in [1.165, 1.54) is 0 Å². The van der Waals surface area contributed by atoms with Crippen LogP contribution in [0.4, 0.5) is 38.0 Å². The van der Waals surface area contributed by atoms with Crippen LogP contribution in [0.15, 0.2) is 6.07 Å². The third-order valence-corrected chi connectivity index (χ3v) is 2.30. The van der Waals surface area contributed by atoms with Crippen LogP contribution in [0.5, 0.6) is 0 Å². The van der Waals surface area contributed by atoms with E-state index in [1.54, 1.807) is 6.92 Å². The number of nitrogens with zero attached hydrogens (tertiary/aromatic N) is 3. The number of anilines is 2. The van der Waals surface area contributed by atoms with E-state index in [1.807, 2.05) is 5.43 Å². The molecule has 1 aromatic rings. The molecule has 0 saturated heterocycles. The van der Waals surface area contributed by atoms with Gasteiger partial charge in [-0.2, -0.15) is 26.3 Å². The largest absolute Gasteiger partial charge is 0.451 e. The predicted octanol–water partition coefficient (Wildman–Crippen LogP) is 2.56. The number of nitrogens with two attached hydrogens (primary N) is 1. The lowest BCUT2D eigenvalue weighted by Crippen LogP contribution is -2.36. The van der Waals surface area contributed by atoms with Gasteiger partial charge < -0.3 is 10.3 Å². The van der Waals surface area contributed by atoms with Gasteiger partial charge >= 0.3 is 12.4 Å². The molecule has 0 spiro atoms. The number of halogens is 6. The first-order valence-electron chi connectivity index (χ1n) is 5.81. The van der Waals surface area contributed by atoms with Crippen LogP contribution >= 0.6 is 0 Å². The monoisotopic (exact) mass is 317 g/mol. The van der Waals surface area contributed by atoms with Gasteiger partial charge in [-0.1, -0.05) is 6.92 Å². The van der Waals surface area contributed by atoms with Gasteiger partial charge in [-0.25, -0.2) is 15.8 Å². The normalized spacial score (nSPS) is 12.4. The molecule has 0 atom stereocenters. The summed E-state index contributed by atoms with van der Waals surface area (Å²) in [4.78, 5) is 6.92. The Hall–Kier alpha value is -1.78. The number of nitrogen functional groups attached to an aromatic ring is 1. The molecule has 0 aliphatic carbocycles. The Kier molecular flexibility index (Phi) is 5.20. The lowest BCUT2D eigenvalue weighted by molar-refractivity contribution is -0.144. The number of nitrogens with one attached hydrogen (secondary N) is 1. The SMILES string of the molecule is CCCN(CC(F)(F)F)c1cc(NN)nc(C(F)(F)F)n1. The molecule has 0 saturated carbocycles. The molecule has 21 heavy (non-hydrogen) atoms. The zero-order valence-electron chi connectivity index (χ0n) is 10.9. The number of alkyl halides is 6. The number of hydrazine groups is 1. The maximum atomic E-state index is 12.6. The zero-order valence-corrected chi connectivity index (χ0v) is 10.9. The standard InChI is InChI=1S/C10H13F6N5/c1-2-3-21(5-9(11,12)13)7-4-6(20-17)18-8(19-7)10(14,15)16/h4H,2-3,5,17H2,1H3,(H,18,19,20). The summed E-state index contributed by atoms with van der Waals surface area (Å²) in [6.45, 7) is 0.0638. The van der Waals surface area contributed by atoms with Crippen molar-refractivity contribution < 1.29 is 26.3 Å². The van der Waals surface area contributed by atoms with Gasteiger partial charge in [0.2, 0.25) is 5.82 Å². The maximum Gasteiger partial charge on any atom is 0.451 e. The summed E-state index contributed by atoms with van der Waals surface area (Å²) in [6, 6.07) is 0.927. The summed E-state index contributed by atoms with van der Waals surface area (Å²) in [5, 5.41) is 0. The van der Waals surface area contributed by atoms with Crippen LogP contribution in [0.3, 0.4) is 0 Å². The van der Waals surface area contributed by atoms with Crippen molar-refractivity contribution in [3.05, 3.63) is 11.9 Å². The summed E-state index contributed by atoms with van der Waals surface area (Å²) < 4.78 is 75.4. The van der Waals surface area contributed by atoms with Crippen molar-refractivity contribution in [3.63, 3.8) is 0 Å². The van der Waals surface area contributed by atoms with E-state index in [0.29, 0.717) is 11.3 Å². The second-order valence-corrected chi connectivity index (χ2v) is 4.11. The van der Waals surface area contributed by atoms with Gasteiger partial charge in [0.25, 0.3) is 0 Å². The average molecular weight is 317 g/mol. The lowest BCUT2D eigenvalue weighted by atomic mass is 10.3. The van der Waals surface area contributed by atoms with Gasteiger partial charge in [-0.3, -0.25) is 0 Å². The van der Waals surface area contributed by atoms with E-state index >= 15 is 0 Å². The Balaban J connectivity index is 3.23. The first kappa shape index (κ1) is 17.3. The van der Waals surface area contributed by atoms with Crippen LogP contribution < -0.4 is 16.2 Å². The molecule has 3 N–H and O–H groups in total. The van der Waals surface area contributed by atoms with Crippen molar-refractivity contribution in [2.24, 2.45) is 5.84 Å². The minimum atomic E-state index is -4.89. The van der Waals surface area contributed by atoms with Gasteiger partial charge in [0.15, 0.2) is 0 Å². The second kappa shape index (κ2) is 6.33. The fraction of sp³-hybridized carbons (Fsp3) is 0.600. The smallest absolute Gasteiger partial charge is 0.347 e. The van der Waals surface area contributed by atoms with Crippen LogP contribution in [0.2, 0.25) is 0 Å². The molecule has 0 amide bonds. The fourth-order valence-corrected chi connectivity index (χ4v) is 1.56. The minimum Gasteiger partial charge on any atom is -0.347 e. The van der Waals surface area contributed by atoms with Crippen LogP contribution in [0, 0.1) is 0 Å². The second-order valence-electron chi connectivity index (χ2n) is 4.11. The number of hydrogen-bond acceptors (Lipinski definition) is 5. The Labute approximate surface area is 116 Å². The summed E-state index contributed by atoms with van der Waals surface area (Å²) in [7, 11) is 0. The molecule has 1 heterocycles. The molecule has 0 radical (unpaired) electrons. The number of aromatic nitrogens is 2. The molecule has 1 rings (SSSR count). The van der Waals surface area contributed by atoms with Crippen LogP contribution in [-0.4, -0.2) is 29.2 Å². The van der Waals surface area contributed by atoms with Crippen molar-refractivity contribution in [2.75, 3.05) is 23.4 Å². The van der Waals surface area contributed by atoms with Gasteiger partial charge in [-0.05, 0) is 6.42 Å². The fourth-order valence-electron chi connectivity index (χ4n) is 1.56. The van der Waals surface area contributed by atoms with Crippen molar-refractivity contribution in [1.82, 2.24) is 9.97 Å². The third-order valence-electron chi connectivity index (χ3n) is 2.30. The van der Waals surface area contributed by atoms with E-state index in [2.05, 4.69) is 9.97 Å². The van der Waals surface area contributed by atoms with Gasteiger partial charge in [-0.15, -0.1) is 0 Å². The quantitative estimate of drug-likeness (QED) is 0.496. The highest BCUT2D eigenvalue weighted by Crippen LogP contribution is 2.30. The van der Waals surface area contributed by atoms with Crippen molar-refractivity contribution in [3.8, 4) is 0 Å². The number of hydrogen-bond donors (Lipinski definition) is 2. The topological polar surface area (TPSA) is 67.1 Å². The van der Waals surface area contributed by atoms with E-state index in [4.69, 9.17) is 5.84 Å². The van der Waals surface area contributed by atoms with Crippen molar-refractivity contribution in [2.45, 2.75) is 25.7 Å². The highest BCUT2D eigenvalue weighted by molar-refractivity contribution is 5.49. The first-order chi connectivity index (χ1) is 9.56. The zero-order chi connectivity index (χ0) is 16.3. The van der Waals surface area contributed by atoms with Crippen molar-refractivity contribution >= 4 is 11.6 Å². The van der Waals surface area contributed by atoms with Crippen LogP contribution in [0.25, 0.3) is 0 Å². The van der Waals surface area contributed by atoms with E-state index in [9.17, 15) is 26.3 Å².